The highest BCUT2D eigenvalue weighted by Crippen LogP contribution is 2.21. The minimum atomic E-state index is -0.482. The van der Waals surface area contributed by atoms with Gasteiger partial charge in [-0.25, -0.2) is 4.39 Å². The van der Waals surface area contributed by atoms with Gasteiger partial charge in [0.2, 0.25) is 0 Å². The fraction of sp³-hybridized carbons (Fsp3) is 0.500. The van der Waals surface area contributed by atoms with Crippen molar-refractivity contribution in [2.24, 2.45) is 0 Å². The van der Waals surface area contributed by atoms with E-state index >= 15 is 0 Å². The van der Waals surface area contributed by atoms with Crippen molar-refractivity contribution in [1.29, 1.82) is 0 Å². The Morgan fingerprint density at radius 2 is 2.04 bits per heavy atom. The molecular formula is C18H22BrFN2O. The van der Waals surface area contributed by atoms with Gasteiger partial charge in [-0.2, -0.15) is 0 Å². The van der Waals surface area contributed by atoms with E-state index in [0.29, 0.717) is 10.5 Å². The third kappa shape index (κ3) is 4.21. The van der Waals surface area contributed by atoms with E-state index in [4.69, 9.17) is 0 Å². The van der Waals surface area contributed by atoms with Gasteiger partial charge in [-0.1, -0.05) is 15.9 Å². The molecule has 0 aromatic heterocycles. The Morgan fingerprint density at radius 3 is 2.78 bits per heavy atom. The zero-order valence-corrected chi connectivity index (χ0v) is 14.8. The summed E-state index contributed by atoms with van der Waals surface area (Å²) in [5, 5.41) is 0. The number of hydrogen-bond acceptors (Lipinski definition) is 3. The third-order valence-corrected chi connectivity index (χ3v) is 5.20. The molecule has 1 aromatic carbocycles. The van der Waals surface area contributed by atoms with Crippen LogP contribution in [0.1, 0.15) is 36.0 Å². The van der Waals surface area contributed by atoms with Crippen molar-refractivity contribution in [3.63, 3.8) is 0 Å². The van der Waals surface area contributed by atoms with Gasteiger partial charge < -0.3 is 9.80 Å². The summed E-state index contributed by atoms with van der Waals surface area (Å²) in [7, 11) is 0. The first-order chi connectivity index (χ1) is 11.1. The lowest BCUT2D eigenvalue weighted by molar-refractivity contribution is 0.104. The van der Waals surface area contributed by atoms with Crippen LogP contribution in [0.3, 0.4) is 0 Å². The molecule has 0 bridgehead atoms. The Bertz CT molecular complexity index is 599. The van der Waals surface area contributed by atoms with Crippen LogP contribution in [0, 0.1) is 5.82 Å². The minimum absolute atomic E-state index is 0.125. The van der Waals surface area contributed by atoms with E-state index in [0.717, 1.165) is 19.5 Å². The standard InChI is InChI=1S/C18H22BrFN2O/c19-14-5-6-16(17(20)12-14)18(23)7-11-22-10-3-4-15(22)13-21-8-1-2-9-21/h5-7,11-12,15H,1-4,8-10,13H2/t15-/m0/s1. The topological polar surface area (TPSA) is 23.6 Å². The molecule has 0 aliphatic carbocycles. The molecule has 23 heavy (non-hydrogen) atoms. The summed E-state index contributed by atoms with van der Waals surface area (Å²) < 4.78 is 14.5. The molecule has 0 amide bonds. The molecule has 0 radical (unpaired) electrons. The van der Waals surface area contributed by atoms with E-state index in [1.165, 1.54) is 50.6 Å². The van der Waals surface area contributed by atoms with E-state index in [9.17, 15) is 9.18 Å². The molecule has 1 atom stereocenters. The SMILES string of the molecule is O=C(C=CN1CCC[C@H]1CN1CCCC1)c1ccc(Br)cc1F. The number of halogens is 2. The van der Waals surface area contributed by atoms with Gasteiger partial charge in [-0.15, -0.1) is 0 Å². The lowest BCUT2D eigenvalue weighted by Gasteiger charge is -2.27. The quantitative estimate of drug-likeness (QED) is 0.572. The largest absolute Gasteiger partial charge is 0.373 e. The van der Waals surface area contributed by atoms with E-state index in [1.54, 1.807) is 6.07 Å². The Hall–Kier alpha value is -1.20. The molecule has 2 aliphatic heterocycles. The van der Waals surface area contributed by atoms with Crippen LogP contribution in [0.4, 0.5) is 4.39 Å². The molecular weight excluding hydrogens is 359 g/mol. The first-order valence-electron chi connectivity index (χ1n) is 8.29. The maximum absolute atomic E-state index is 13.8. The molecule has 5 heteroatoms. The highest BCUT2D eigenvalue weighted by Gasteiger charge is 2.25. The second-order valence-corrected chi connectivity index (χ2v) is 7.26. The van der Waals surface area contributed by atoms with Crippen LogP contribution >= 0.6 is 15.9 Å². The minimum Gasteiger partial charge on any atom is -0.373 e. The molecule has 0 spiro atoms. The van der Waals surface area contributed by atoms with Crippen molar-refractivity contribution in [3.8, 4) is 0 Å². The Balaban J connectivity index is 1.62. The van der Waals surface area contributed by atoms with Crippen LogP contribution in [0.5, 0.6) is 0 Å². The van der Waals surface area contributed by atoms with Crippen molar-refractivity contribution in [1.82, 2.24) is 9.80 Å². The summed E-state index contributed by atoms with van der Waals surface area (Å²) in [6, 6.07) is 5.02. The summed E-state index contributed by atoms with van der Waals surface area (Å²) >= 11 is 3.21. The maximum Gasteiger partial charge on any atom is 0.190 e. The Morgan fingerprint density at radius 1 is 1.26 bits per heavy atom. The van der Waals surface area contributed by atoms with Gasteiger partial charge in [-0.05, 0) is 57.0 Å². The monoisotopic (exact) mass is 380 g/mol. The van der Waals surface area contributed by atoms with Gasteiger partial charge in [0.05, 0.1) is 5.56 Å². The molecule has 124 valence electrons. The highest BCUT2D eigenvalue weighted by molar-refractivity contribution is 9.10. The molecule has 0 unspecified atom stereocenters. The van der Waals surface area contributed by atoms with Gasteiger partial charge in [0.1, 0.15) is 5.82 Å². The van der Waals surface area contributed by atoms with Gasteiger partial charge in [0, 0.05) is 35.9 Å². The number of carbonyl (C=O) groups is 1. The second kappa shape index (κ2) is 7.58. The average molecular weight is 381 g/mol. The van der Waals surface area contributed by atoms with Crippen LogP contribution < -0.4 is 0 Å². The Kier molecular flexibility index (Phi) is 5.49. The van der Waals surface area contributed by atoms with E-state index < -0.39 is 5.82 Å². The van der Waals surface area contributed by atoms with Gasteiger partial charge in [0.15, 0.2) is 5.78 Å². The van der Waals surface area contributed by atoms with Gasteiger partial charge in [-0.3, -0.25) is 4.79 Å². The lowest BCUT2D eigenvalue weighted by atomic mass is 10.1. The predicted molar refractivity (Wildman–Crippen MR) is 93.0 cm³/mol. The zero-order chi connectivity index (χ0) is 16.2. The molecule has 2 heterocycles. The number of benzene rings is 1. The molecule has 3 rings (SSSR count). The van der Waals surface area contributed by atoms with E-state index in [1.807, 2.05) is 6.20 Å². The fourth-order valence-corrected chi connectivity index (χ4v) is 3.79. The summed E-state index contributed by atoms with van der Waals surface area (Å²) in [6.45, 7) is 4.43. The van der Waals surface area contributed by atoms with Crippen LogP contribution in [0.2, 0.25) is 0 Å². The van der Waals surface area contributed by atoms with Crippen LogP contribution in [-0.4, -0.2) is 47.8 Å². The van der Waals surface area contributed by atoms with Gasteiger partial charge >= 0.3 is 0 Å². The van der Waals surface area contributed by atoms with Crippen LogP contribution in [0.25, 0.3) is 0 Å². The zero-order valence-electron chi connectivity index (χ0n) is 13.2. The van der Waals surface area contributed by atoms with Crippen molar-refractivity contribution in [2.45, 2.75) is 31.7 Å². The number of allylic oxidation sites excluding steroid dienone is 1. The van der Waals surface area contributed by atoms with E-state index in [2.05, 4.69) is 25.7 Å². The fourth-order valence-electron chi connectivity index (χ4n) is 3.46. The van der Waals surface area contributed by atoms with E-state index in [-0.39, 0.29) is 11.3 Å². The molecule has 0 saturated carbocycles. The molecule has 1 aromatic rings. The molecule has 3 nitrogen and oxygen atoms in total. The molecule has 2 fully saturated rings. The Labute approximate surface area is 145 Å². The summed E-state index contributed by atoms with van der Waals surface area (Å²) in [6.07, 6.45) is 8.28. The second-order valence-electron chi connectivity index (χ2n) is 6.35. The summed E-state index contributed by atoms with van der Waals surface area (Å²) in [5.41, 5.74) is 0.125. The van der Waals surface area contributed by atoms with Crippen LogP contribution in [0.15, 0.2) is 34.9 Å². The number of likely N-dealkylation sites (tertiary alicyclic amines) is 2. The average Bonchev–Trinajstić information content (AvgIpc) is 3.17. The normalized spacial score (nSPS) is 22.3. The smallest absolute Gasteiger partial charge is 0.190 e. The maximum atomic E-state index is 13.8. The first-order valence-corrected chi connectivity index (χ1v) is 9.08. The van der Waals surface area contributed by atoms with Crippen molar-refractivity contribution < 1.29 is 9.18 Å². The lowest BCUT2D eigenvalue weighted by Crippen LogP contribution is -2.36. The van der Waals surface area contributed by atoms with Crippen molar-refractivity contribution >= 4 is 21.7 Å². The molecule has 2 saturated heterocycles. The number of rotatable bonds is 5. The van der Waals surface area contributed by atoms with Crippen LogP contribution in [-0.2, 0) is 0 Å². The van der Waals surface area contributed by atoms with Crippen molar-refractivity contribution in [3.05, 3.63) is 46.3 Å². The number of nitrogens with zero attached hydrogens (tertiary/aromatic N) is 2. The van der Waals surface area contributed by atoms with Gasteiger partial charge in [0.25, 0.3) is 0 Å². The van der Waals surface area contributed by atoms with Crippen molar-refractivity contribution in [2.75, 3.05) is 26.2 Å². The number of ketones is 1. The molecule has 0 N–H and O–H groups in total. The first kappa shape index (κ1) is 16.7. The molecule has 2 aliphatic rings. The highest BCUT2D eigenvalue weighted by atomic mass is 79.9. The number of hydrogen-bond donors (Lipinski definition) is 0. The summed E-state index contributed by atoms with van der Waals surface area (Å²) in [5.74, 6) is -0.758. The third-order valence-electron chi connectivity index (χ3n) is 4.70. The predicted octanol–water partition coefficient (Wildman–Crippen LogP) is 3.84. The number of carbonyl (C=O) groups excluding carboxylic acids is 1. The summed E-state index contributed by atoms with van der Waals surface area (Å²) in [4.78, 5) is 17.0.